The maximum atomic E-state index is 4.35. The summed E-state index contributed by atoms with van der Waals surface area (Å²) in [4.78, 5) is 4.29. The third-order valence-electron chi connectivity index (χ3n) is 2.30. The minimum atomic E-state index is 0.836. The van der Waals surface area contributed by atoms with Crippen LogP contribution in [-0.4, -0.2) is 14.8 Å². The van der Waals surface area contributed by atoms with Crippen molar-refractivity contribution in [1.82, 2.24) is 14.8 Å². The van der Waals surface area contributed by atoms with E-state index in [9.17, 15) is 0 Å². The molecule has 0 aliphatic carbocycles. The third-order valence-corrected chi connectivity index (χ3v) is 2.90. The lowest BCUT2D eigenvalue weighted by Gasteiger charge is -2.05. The second kappa shape index (κ2) is 4.57. The van der Waals surface area contributed by atoms with E-state index in [0.717, 1.165) is 17.6 Å². The first-order valence-electron chi connectivity index (χ1n) is 4.90. The smallest absolute Gasteiger partial charge is 0.153 e. The monoisotopic (exact) mass is 265 g/mol. The topological polar surface area (TPSA) is 30.7 Å². The fourth-order valence-electron chi connectivity index (χ4n) is 1.57. The first kappa shape index (κ1) is 10.4. The number of alkyl halides is 1. The summed E-state index contributed by atoms with van der Waals surface area (Å²) in [5, 5.41) is 5.19. The van der Waals surface area contributed by atoms with Crippen LogP contribution in [-0.2, 0) is 11.8 Å². The molecule has 0 radical (unpaired) electrons. The summed E-state index contributed by atoms with van der Waals surface area (Å²) in [5.74, 6) is 0.876. The molecule has 0 atom stereocenters. The lowest BCUT2D eigenvalue weighted by Crippen LogP contribution is -2.03. The van der Waals surface area contributed by atoms with Gasteiger partial charge in [-0.1, -0.05) is 28.9 Å². The van der Waals surface area contributed by atoms with Gasteiger partial charge in [0.2, 0.25) is 0 Å². The van der Waals surface area contributed by atoms with E-state index < -0.39 is 0 Å². The highest BCUT2D eigenvalue weighted by Crippen LogP contribution is 2.16. The summed E-state index contributed by atoms with van der Waals surface area (Å²) in [6.45, 7) is 2.13. The zero-order valence-corrected chi connectivity index (χ0v) is 10.1. The molecule has 2 heterocycles. The van der Waals surface area contributed by atoms with E-state index in [1.54, 1.807) is 6.20 Å². The van der Waals surface area contributed by atoms with Gasteiger partial charge in [0.15, 0.2) is 5.82 Å². The summed E-state index contributed by atoms with van der Waals surface area (Å²) >= 11 is 3.46. The Morgan fingerprint density at radius 2 is 2.27 bits per heavy atom. The van der Waals surface area contributed by atoms with Crippen molar-refractivity contribution in [1.29, 1.82) is 0 Å². The van der Waals surface area contributed by atoms with Gasteiger partial charge in [-0.25, -0.2) is 9.67 Å². The molecule has 0 aliphatic rings. The number of pyridine rings is 1. The van der Waals surface area contributed by atoms with E-state index in [1.807, 2.05) is 29.1 Å². The fourth-order valence-corrected chi connectivity index (χ4v) is 2.04. The zero-order chi connectivity index (χ0) is 10.7. The Balaban J connectivity index is 2.49. The van der Waals surface area contributed by atoms with Gasteiger partial charge in [0, 0.05) is 22.8 Å². The maximum absolute atomic E-state index is 4.35. The molecule has 0 saturated heterocycles. The molecule has 0 aromatic carbocycles. The van der Waals surface area contributed by atoms with Gasteiger partial charge >= 0.3 is 0 Å². The summed E-state index contributed by atoms with van der Waals surface area (Å²) < 4.78 is 1.90. The number of rotatable bonds is 3. The number of hydrogen-bond acceptors (Lipinski definition) is 2. The number of halogens is 1. The van der Waals surface area contributed by atoms with Crippen molar-refractivity contribution in [3.05, 3.63) is 41.9 Å². The summed E-state index contributed by atoms with van der Waals surface area (Å²) in [7, 11) is 0. The van der Waals surface area contributed by atoms with Gasteiger partial charge in [-0.15, -0.1) is 0 Å². The zero-order valence-electron chi connectivity index (χ0n) is 8.52. The molecule has 2 rings (SSSR count). The standard InChI is InChI=1S/C11H12BrN3/c1-2-10-9(7-12)8-14-15(10)11-5-3-4-6-13-11/h3-6,8H,2,7H2,1H3. The second-order valence-corrected chi connectivity index (χ2v) is 3.76. The van der Waals surface area contributed by atoms with Crippen LogP contribution in [0.4, 0.5) is 0 Å². The highest BCUT2D eigenvalue weighted by atomic mass is 79.9. The average molecular weight is 266 g/mol. The van der Waals surface area contributed by atoms with Crippen molar-refractivity contribution in [2.45, 2.75) is 18.7 Å². The molecular formula is C11H12BrN3. The number of aromatic nitrogens is 3. The molecule has 4 heteroatoms. The van der Waals surface area contributed by atoms with Crippen LogP contribution in [0.15, 0.2) is 30.6 Å². The first-order chi connectivity index (χ1) is 7.36. The quantitative estimate of drug-likeness (QED) is 0.800. The molecule has 2 aromatic heterocycles. The summed E-state index contributed by atoms with van der Waals surface area (Å²) in [6.07, 6.45) is 4.63. The molecule has 0 unspecified atom stereocenters. The van der Waals surface area contributed by atoms with Gasteiger partial charge in [0.25, 0.3) is 0 Å². The van der Waals surface area contributed by atoms with Crippen LogP contribution in [0.5, 0.6) is 0 Å². The van der Waals surface area contributed by atoms with Gasteiger partial charge in [0.05, 0.1) is 6.20 Å². The fraction of sp³-hybridized carbons (Fsp3) is 0.273. The molecule has 0 spiro atoms. The van der Waals surface area contributed by atoms with Gasteiger partial charge < -0.3 is 0 Å². The van der Waals surface area contributed by atoms with Gasteiger partial charge in [-0.05, 0) is 18.6 Å². The highest BCUT2D eigenvalue weighted by Gasteiger charge is 2.09. The van der Waals surface area contributed by atoms with Crippen molar-refractivity contribution < 1.29 is 0 Å². The summed E-state index contributed by atoms with van der Waals surface area (Å²) in [5.41, 5.74) is 2.44. The second-order valence-electron chi connectivity index (χ2n) is 3.20. The Bertz CT molecular complexity index is 436. The van der Waals surface area contributed by atoms with E-state index in [0.29, 0.717) is 0 Å². The molecule has 0 bridgehead atoms. The normalized spacial score (nSPS) is 10.5. The highest BCUT2D eigenvalue weighted by molar-refractivity contribution is 9.08. The minimum absolute atomic E-state index is 0.836. The van der Waals surface area contributed by atoms with Gasteiger partial charge in [-0.2, -0.15) is 5.10 Å². The first-order valence-corrected chi connectivity index (χ1v) is 6.02. The van der Waals surface area contributed by atoms with Crippen LogP contribution < -0.4 is 0 Å². The Kier molecular flexibility index (Phi) is 3.16. The lowest BCUT2D eigenvalue weighted by atomic mass is 10.2. The molecule has 2 aromatic rings. The molecule has 0 aliphatic heterocycles. The van der Waals surface area contributed by atoms with Gasteiger partial charge in [-0.3, -0.25) is 0 Å². The van der Waals surface area contributed by atoms with Crippen molar-refractivity contribution in [2.75, 3.05) is 0 Å². The van der Waals surface area contributed by atoms with E-state index in [1.165, 1.54) is 11.3 Å². The molecule has 0 saturated carbocycles. The van der Waals surface area contributed by atoms with E-state index >= 15 is 0 Å². The average Bonchev–Trinajstić information content (AvgIpc) is 2.72. The van der Waals surface area contributed by atoms with E-state index in [4.69, 9.17) is 0 Å². The van der Waals surface area contributed by atoms with Gasteiger partial charge in [0.1, 0.15) is 0 Å². The molecular weight excluding hydrogens is 254 g/mol. The largest absolute Gasteiger partial charge is 0.237 e. The van der Waals surface area contributed by atoms with Crippen LogP contribution in [0.2, 0.25) is 0 Å². The van der Waals surface area contributed by atoms with Crippen molar-refractivity contribution in [2.24, 2.45) is 0 Å². The van der Waals surface area contributed by atoms with Crippen LogP contribution in [0.1, 0.15) is 18.2 Å². The van der Waals surface area contributed by atoms with E-state index in [-0.39, 0.29) is 0 Å². The molecule has 15 heavy (non-hydrogen) atoms. The number of hydrogen-bond donors (Lipinski definition) is 0. The van der Waals surface area contributed by atoms with Crippen LogP contribution in [0.3, 0.4) is 0 Å². The summed E-state index contributed by atoms with van der Waals surface area (Å²) in [6, 6.07) is 5.84. The van der Waals surface area contributed by atoms with Crippen molar-refractivity contribution in [3.8, 4) is 5.82 Å². The van der Waals surface area contributed by atoms with Crippen LogP contribution in [0, 0.1) is 0 Å². The predicted molar refractivity (Wildman–Crippen MR) is 63.4 cm³/mol. The minimum Gasteiger partial charge on any atom is -0.237 e. The van der Waals surface area contributed by atoms with Crippen molar-refractivity contribution in [3.63, 3.8) is 0 Å². The Morgan fingerprint density at radius 3 is 2.87 bits per heavy atom. The van der Waals surface area contributed by atoms with Crippen molar-refractivity contribution >= 4 is 15.9 Å². The molecule has 3 nitrogen and oxygen atoms in total. The SMILES string of the molecule is CCc1c(CBr)cnn1-c1ccccn1. The van der Waals surface area contributed by atoms with Crippen LogP contribution in [0.25, 0.3) is 5.82 Å². The Hall–Kier alpha value is -1.16. The maximum Gasteiger partial charge on any atom is 0.153 e. The lowest BCUT2D eigenvalue weighted by molar-refractivity contribution is 0.787. The predicted octanol–water partition coefficient (Wildman–Crippen LogP) is 2.72. The van der Waals surface area contributed by atoms with Crippen LogP contribution >= 0.6 is 15.9 Å². The molecule has 0 N–H and O–H groups in total. The molecule has 0 fully saturated rings. The van der Waals surface area contributed by atoms with E-state index in [2.05, 4.69) is 32.9 Å². The third kappa shape index (κ3) is 1.95. The molecule has 78 valence electrons. The number of nitrogens with zero attached hydrogens (tertiary/aromatic N) is 3. The Labute approximate surface area is 97.3 Å². The molecule has 0 amide bonds. The Morgan fingerprint density at radius 1 is 1.40 bits per heavy atom.